The molecule has 98 valence electrons. The second kappa shape index (κ2) is 6.17. The van der Waals surface area contributed by atoms with Crippen LogP contribution in [0.1, 0.15) is 36.0 Å². The Morgan fingerprint density at radius 2 is 1.78 bits per heavy atom. The Bertz CT molecular complexity index is 430. The third-order valence-electron chi connectivity index (χ3n) is 3.26. The predicted octanol–water partition coefficient (Wildman–Crippen LogP) is 3.21. The number of amides is 1. The lowest BCUT2D eigenvalue weighted by atomic mass is 9.91. The Morgan fingerprint density at radius 1 is 1.17 bits per heavy atom. The van der Waals surface area contributed by atoms with Crippen LogP contribution in [0.3, 0.4) is 0 Å². The molecular weight excluding hydrogens is 360 g/mol. The molecule has 0 radical (unpaired) electrons. The molecule has 1 aliphatic carbocycles. The molecule has 1 saturated carbocycles. The number of halogens is 2. The first-order chi connectivity index (χ1) is 8.56. The van der Waals surface area contributed by atoms with Crippen LogP contribution in [0.2, 0.25) is 0 Å². The van der Waals surface area contributed by atoms with E-state index in [1.807, 2.05) is 18.2 Å². The summed E-state index contributed by atoms with van der Waals surface area (Å²) in [7, 11) is 0. The van der Waals surface area contributed by atoms with Crippen LogP contribution in [0.25, 0.3) is 0 Å². The number of nitrogens with two attached hydrogens (primary N) is 1. The van der Waals surface area contributed by atoms with Gasteiger partial charge in [0.1, 0.15) is 0 Å². The lowest BCUT2D eigenvalue weighted by Gasteiger charge is -2.29. The van der Waals surface area contributed by atoms with Crippen molar-refractivity contribution in [1.82, 2.24) is 5.32 Å². The summed E-state index contributed by atoms with van der Waals surface area (Å²) in [5.41, 5.74) is 6.68. The fraction of sp³-hybridized carbons (Fsp3) is 0.462. The van der Waals surface area contributed by atoms with Gasteiger partial charge in [0.15, 0.2) is 0 Å². The molecule has 3 N–H and O–H groups in total. The Morgan fingerprint density at radius 3 is 2.39 bits per heavy atom. The second-order valence-electron chi connectivity index (χ2n) is 4.69. The van der Waals surface area contributed by atoms with E-state index in [0.29, 0.717) is 5.56 Å². The molecule has 1 fully saturated rings. The summed E-state index contributed by atoms with van der Waals surface area (Å²) >= 11 is 6.77. The maximum absolute atomic E-state index is 12.2. The topological polar surface area (TPSA) is 55.1 Å². The van der Waals surface area contributed by atoms with Crippen molar-refractivity contribution in [3.63, 3.8) is 0 Å². The summed E-state index contributed by atoms with van der Waals surface area (Å²) in [5, 5.41) is 3.03. The molecule has 0 aromatic heterocycles. The van der Waals surface area contributed by atoms with Gasteiger partial charge >= 0.3 is 0 Å². The van der Waals surface area contributed by atoms with Crippen LogP contribution in [0.15, 0.2) is 27.1 Å². The van der Waals surface area contributed by atoms with Crippen molar-refractivity contribution in [2.24, 2.45) is 5.73 Å². The molecule has 0 saturated heterocycles. The standard InChI is InChI=1S/C13H16Br2N2O/c14-9-5-8(6-10(15)7-9)13(18)17-12-4-2-1-3-11(12)16/h5-7,11-12H,1-4,16H2,(H,17,18). The molecule has 3 nitrogen and oxygen atoms in total. The van der Waals surface area contributed by atoms with Gasteiger partial charge in [0.25, 0.3) is 5.91 Å². The van der Waals surface area contributed by atoms with Crippen molar-refractivity contribution >= 4 is 37.8 Å². The van der Waals surface area contributed by atoms with Crippen molar-refractivity contribution in [3.8, 4) is 0 Å². The van der Waals surface area contributed by atoms with Crippen molar-refractivity contribution < 1.29 is 4.79 Å². The molecule has 2 unspecified atom stereocenters. The minimum atomic E-state index is -0.0562. The van der Waals surface area contributed by atoms with Crippen molar-refractivity contribution in [2.75, 3.05) is 0 Å². The number of rotatable bonds is 2. The number of benzene rings is 1. The molecule has 1 aromatic carbocycles. The summed E-state index contributed by atoms with van der Waals surface area (Å²) in [6.45, 7) is 0. The van der Waals surface area contributed by atoms with E-state index in [2.05, 4.69) is 37.2 Å². The molecule has 0 aliphatic heterocycles. The minimum absolute atomic E-state index is 0.0562. The number of carbonyl (C=O) groups is 1. The fourth-order valence-corrected chi connectivity index (χ4v) is 3.57. The second-order valence-corrected chi connectivity index (χ2v) is 6.52. The van der Waals surface area contributed by atoms with Gasteiger partial charge in [-0.05, 0) is 31.0 Å². The Hall–Kier alpha value is -0.390. The molecule has 18 heavy (non-hydrogen) atoms. The number of carbonyl (C=O) groups excluding carboxylic acids is 1. The van der Waals surface area contributed by atoms with Crippen LogP contribution in [-0.4, -0.2) is 18.0 Å². The monoisotopic (exact) mass is 374 g/mol. The summed E-state index contributed by atoms with van der Waals surface area (Å²) in [6.07, 6.45) is 4.27. The average molecular weight is 376 g/mol. The third-order valence-corrected chi connectivity index (χ3v) is 4.18. The highest BCUT2D eigenvalue weighted by molar-refractivity contribution is 9.11. The minimum Gasteiger partial charge on any atom is -0.348 e. The molecule has 0 spiro atoms. The molecule has 0 bridgehead atoms. The third kappa shape index (κ3) is 3.56. The van der Waals surface area contributed by atoms with Gasteiger partial charge in [0.05, 0.1) is 0 Å². The zero-order valence-corrected chi connectivity index (χ0v) is 13.1. The highest BCUT2D eigenvalue weighted by atomic mass is 79.9. The molecular formula is C13H16Br2N2O. The van der Waals surface area contributed by atoms with Crippen LogP contribution in [0, 0.1) is 0 Å². The van der Waals surface area contributed by atoms with Crippen LogP contribution in [0.4, 0.5) is 0 Å². The molecule has 5 heteroatoms. The van der Waals surface area contributed by atoms with Gasteiger partial charge in [-0.15, -0.1) is 0 Å². The van der Waals surface area contributed by atoms with E-state index in [0.717, 1.165) is 34.6 Å². The summed E-state index contributed by atoms with van der Waals surface area (Å²) < 4.78 is 1.77. The maximum atomic E-state index is 12.2. The van der Waals surface area contributed by atoms with E-state index in [1.54, 1.807) is 0 Å². The first-order valence-corrected chi connectivity index (χ1v) is 7.67. The molecule has 1 aromatic rings. The SMILES string of the molecule is NC1CCCCC1NC(=O)c1cc(Br)cc(Br)c1. The van der Waals surface area contributed by atoms with Gasteiger partial charge < -0.3 is 11.1 Å². The first-order valence-electron chi connectivity index (χ1n) is 6.09. The molecule has 1 amide bonds. The molecule has 1 aliphatic rings. The van der Waals surface area contributed by atoms with Crippen LogP contribution in [-0.2, 0) is 0 Å². The maximum Gasteiger partial charge on any atom is 0.251 e. The summed E-state index contributed by atoms with van der Waals surface area (Å²) in [6, 6.07) is 5.72. The average Bonchev–Trinajstić information content (AvgIpc) is 2.31. The molecule has 2 rings (SSSR count). The number of hydrogen-bond acceptors (Lipinski definition) is 2. The van der Waals surface area contributed by atoms with E-state index in [1.165, 1.54) is 0 Å². The van der Waals surface area contributed by atoms with E-state index >= 15 is 0 Å². The summed E-state index contributed by atoms with van der Waals surface area (Å²) in [5.74, 6) is -0.0562. The predicted molar refractivity (Wildman–Crippen MR) is 79.5 cm³/mol. The highest BCUT2D eigenvalue weighted by Crippen LogP contribution is 2.21. The largest absolute Gasteiger partial charge is 0.348 e. The van der Waals surface area contributed by atoms with E-state index in [4.69, 9.17) is 5.73 Å². The zero-order valence-electron chi connectivity index (χ0n) is 9.96. The molecule has 2 atom stereocenters. The van der Waals surface area contributed by atoms with Crippen LogP contribution in [0.5, 0.6) is 0 Å². The Labute approximate surface area is 124 Å². The smallest absolute Gasteiger partial charge is 0.251 e. The normalized spacial score (nSPS) is 23.7. The summed E-state index contributed by atoms with van der Waals surface area (Å²) in [4.78, 5) is 12.2. The lowest BCUT2D eigenvalue weighted by molar-refractivity contribution is 0.0921. The van der Waals surface area contributed by atoms with Crippen molar-refractivity contribution in [2.45, 2.75) is 37.8 Å². The van der Waals surface area contributed by atoms with Gasteiger partial charge in [-0.3, -0.25) is 4.79 Å². The van der Waals surface area contributed by atoms with Gasteiger partial charge in [0.2, 0.25) is 0 Å². The highest BCUT2D eigenvalue weighted by Gasteiger charge is 2.23. The number of nitrogens with one attached hydrogen (secondary N) is 1. The van der Waals surface area contributed by atoms with Gasteiger partial charge in [0, 0.05) is 26.6 Å². The molecule has 0 heterocycles. The Kier molecular flexibility index (Phi) is 4.81. The van der Waals surface area contributed by atoms with Gasteiger partial charge in [-0.1, -0.05) is 44.7 Å². The lowest BCUT2D eigenvalue weighted by Crippen LogP contribution is -2.49. The van der Waals surface area contributed by atoms with Gasteiger partial charge in [-0.25, -0.2) is 0 Å². The Balaban J connectivity index is 2.06. The van der Waals surface area contributed by atoms with Crippen molar-refractivity contribution in [3.05, 3.63) is 32.7 Å². The first kappa shape index (κ1) is 14.0. The fourth-order valence-electron chi connectivity index (χ4n) is 2.28. The van der Waals surface area contributed by atoms with E-state index in [9.17, 15) is 4.79 Å². The quantitative estimate of drug-likeness (QED) is 0.833. The van der Waals surface area contributed by atoms with Crippen molar-refractivity contribution in [1.29, 1.82) is 0 Å². The van der Waals surface area contributed by atoms with Crippen LogP contribution < -0.4 is 11.1 Å². The van der Waals surface area contributed by atoms with Gasteiger partial charge in [-0.2, -0.15) is 0 Å². The zero-order chi connectivity index (χ0) is 13.1. The van der Waals surface area contributed by atoms with E-state index in [-0.39, 0.29) is 18.0 Å². The van der Waals surface area contributed by atoms with E-state index < -0.39 is 0 Å². The number of hydrogen-bond donors (Lipinski definition) is 2. The van der Waals surface area contributed by atoms with Crippen LogP contribution >= 0.6 is 31.9 Å².